The van der Waals surface area contributed by atoms with Gasteiger partial charge in [-0.1, -0.05) is 6.07 Å². The molecule has 0 fully saturated rings. The van der Waals surface area contributed by atoms with E-state index in [0.717, 1.165) is 52.4 Å². The van der Waals surface area contributed by atoms with Crippen molar-refractivity contribution in [2.45, 2.75) is 50.6 Å². The SMILES string of the molecule is [Cl][Cu][Cl].c1c2c3nc4c1CCC[C@@H]4NCCNCCNCCN[C@H]3CCC2. The van der Waals surface area contributed by atoms with Crippen LogP contribution >= 0.6 is 20.2 Å². The zero-order valence-corrected chi connectivity index (χ0v) is 18.2. The molecule has 1 aliphatic heterocycles. The van der Waals surface area contributed by atoms with Crippen LogP contribution in [0.2, 0.25) is 0 Å². The summed E-state index contributed by atoms with van der Waals surface area (Å²) in [6.45, 7) is 6.17. The molecular formula is C19H31Cl2CuN5. The van der Waals surface area contributed by atoms with Crippen molar-refractivity contribution in [1.82, 2.24) is 26.3 Å². The normalized spacial score (nSPS) is 26.3. The van der Waals surface area contributed by atoms with Crippen LogP contribution in [0.1, 0.15) is 60.3 Å². The van der Waals surface area contributed by atoms with Gasteiger partial charge in [-0.15, -0.1) is 0 Å². The Morgan fingerprint density at radius 3 is 1.70 bits per heavy atom. The molecule has 2 heterocycles. The molecule has 2 atom stereocenters. The third-order valence-electron chi connectivity index (χ3n) is 5.65. The predicted octanol–water partition coefficient (Wildman–Crippen LogP) is 2.58. The fourth-order valence-corrected chi connectivity index (χ4v) is 4.40. The number of hydrogen-bond donors (Lipinski definition) is 4. The number of halogens is 2. The van der Waals surface area contributed by atoms with E-state index in [0.29, 0.717) is 12.1 Å². The first-order valence-electron chi connectivity index (χ1n) is 10.1. The van der Waals surface area contributed by atoms with Gasteiger partial charge >= 0.3 is 33.3 Å². The third kappa shape index (κ3) is 6.28. The van der Waals surface area contributed by atoms with Crippen molar-refractivity contribution < 1.29 is 13.1 Å². The van der Waals surface area contributed by atoms with E-state index in [2.05, 4.69) is 47.5 Å². The van der Waals surface area contributed by atoms with Crippen LogP contribution in [0.15, 0.2) is 6.07 Å². The van der Waals surface area contributed by atoms with Gasteiger partial charge in [0.05, 0.1) is 11.4 Å². The topological polar surface area (TPSA) is 61.0 Å². The Hall–Kier alpha value is 0.0895. The maximum Gasteiger partial charge on any atom is 0.0609 e. The van der Waals surface area contributed by atoms with Gasteiger partial charge in [-0.05, 0) is 49.7 Å². The number of aryl methyl sites for hydroxylation is 2. The van der Waals surface area contributed by atoms with E-state index in [9.17, 15) is 0 Å². The smallest absolute Gasteiger partial charge is 0.0609 e. The number of nitrogens with zero attached hydrogens (tertiary/aromatic N) is 1. The van der Waals surface area contributed by atoms with Crippen LogP contribution in [0.3, 0.4) is 0 Å². The molecule has 2 aliphatic carbocycles. The second-order valence-electron chi connectivity index (χ2n) is 7.42. The Labute approximate surface area is 177 Å². The Morgan fingerprint density at radius 2 is 1.22 bits per heavy atom. The molecule has 0 saturated heterocycles. The maximum atomic E-state index is 5.22. The molecule has 0 amide bonds. The number of nitrogens with one attached hydrogen (secondary N) is 4. The van der Waals surface area contributed by atoms with Gasteiger partial charge in [0.25, 0.3) is 0 Å². The molecule has 4 N–H and O–H groups in total. The van der Waals surface area contributed by atoms with Crippen molar-refractivity contribution in [3.8, 4) is 0 Å². The van der Waals surface area contributed by atoms with E-state index >= 15 is 0 Å². The fourth-order valence-electron chi connectivity index (χ4n) is 4.40. The summed E-state index contributed by atoms with van der Waals surface area (Å²) in [5.41, 5.74) is 5.66. The minimum atomic E-state index is 0.437. The number of rotatable bonds is 0. The van der Waals surface area contributed by atoms with E-state index in [1.807, 2.05) is 0 Å². The zero-order chi connectivity index (χ0) is 18.9. The molecule has 2 bridgehead atoms. The van der Waals surface area contributed by atoms with Gasteiger partial charge in [0.2, 0.25) is 0 Å². The molecule has 4 rings (SSSR count). The first-order chi connectivity index (χ1) is 13.3. The quantitative estimate of drug-likeness (QED) is 0.446. The van der Waals surface area contributed by atoms with Crippen molar-refractivity contribution >= 4 is 20.2 Å². The van der Waals surface area contributed by atoms with Crippen molar-refractivity contribution in [3.63, 3.8) is 0 Å². The summed E-state index contributed by atoms with van der Waals surface area (Å²) in [6.07, 6.45) is 7.41. The fraction of sp³-hybridized carbons (Fsp3) is 0.737. The Morgan fingerprint density at radius 1 is 0.778 bits per heavy atom. The van der Waals surface area contributed by atoms with Crippen molar-refractivity contribution in [2.75, 3.05) is 39.3 Å². The van der Waals surface area contributed by atoms with Gasteiger partial charge in [-0.2, -0.15) is 0 Å². The predicted molar refractivity (Wildman–Crippen MR) is 109 cm³/mol. The third-order valence-corrected chi connectivity index (χ3v) is 5.65. The largest absolute Gasteiger partial charge is 0.314 e. The summed E-state index contributed by atoms with van der Waals surface area (Å²) < 4.78 is 0. The Kier molecular flexibility index (Phi) is 9.63. The Bertz CT molecular complexity index is 544. The molecule has 0 aromatic carbocycles. The molecule has 1 aromatic rings. The summed E-state index contributed by atoms with van der Waals surface area (Å²) >= 11 is 0.757. The molecule has 5 nitrogen and oxygen atoms in total. The summed E-state index contributed by atoms with van der Waals surface area (Å²) in [5.74, 6) is 0. The second kappa shape index (κ2) is 11.9. The van der Waals surface area contributed by atoms with Gasteiger partial charge in [0.15, 0.2) is 0 Å². The van der Waals surface area contributed by atoms with Gasteiger partial charge < -0.3 is 21.3 Å². The monoisotopic (exact) mass is 462 g/mol. The van der Waals surface area contributed by atoms with Crippen LogP contribution in [0, 0.1) is 0 Å². The molecule has 0 saturated carbocycles. The second-order valence-corrected chi connectivity index (χ2v) is 8.97. The molecule has 0 spiro atoms. The summed E-state index contributed by atoms with van der Waals surface area (Å²) in [7, 11) is 9.34. The molecular weight excluding hydrogens is 433 g/mol. The average Bonchev–Trinajstić information content (AvgIpc) is 2.69. The Balaban J connectivity index is 0.000000659. The first kappa shape index (κ1) is 21.8. The van der Waals surface area contributed by atoms with Gasteiger partial charge in [0.1, 0.15) is 0 Å². The van der Waals surface area contributed by atoms with E-state index < -0.39 is 0 Å². The van der Waals surface area contributed by atoms with Gasteiger partial charge in [-0.3, -0.25) is 4.98 Å². The van der Waals surface area contributed by atoms with Crippen molar-refractivity contribution in [3.05, 3.63) is 28.6 Å². The molecule has 157 valence electrons. The van der Waals surface area contributed by atoms with Crippen LogP contribution in [0.4, 0.5) is 0 Å². The zero-order valence-electron chi connectivity index (χ0n) is 15.7. The molecule has 1 aromatic heterocycles. The number of aromatic nitrogens is 1. The van der Waals surface area contributed by atoms with Gasteiger partial charge in [-0.25, -0.2) is 0 Å². The minimum Gasteiger partial charge on any atom is -0.314 e. The van der Waals surface area contributed by atoms with Crippen LogP contribution in [0.25, 0.3) is 0 Å². The maximum absolute atomic E-state index is 5.22. The molecule has 0 radical (unpaired) electrons. The minimum absolute atomic E-state index is 0.437. The summed E-state index contributed by atoms with van der Waals surface area (Å²) in [6, 6.07) is 3.35. The van der Waals surface area contributed by atoms with Crippen molar-refractivity contribution in [1.29, 1.82) is 0 Å². The van der Waals surface area contributed by atoms with Crippen LogP contribution in [-0.4, -0.2) is 44.3 Å². The van der Waals surface area contributed by atoms with E-state index in [1.165, 1.54) is 61.0 Å². The molecule has 8 heteroatoms. The molecule has 0 unspecified atom stereocenters. The number of hydrogen-bond acceptors (Lipinski definition) is 5. The summed E-state index contributed by atoms with van der Waals surface area (Å²) in [5, 5.41) is 14.5. The van der Waals surface area contributed by atoms with Crippen molar-refractivity contribution in [2.24, 2.45) is 0 Å². The molecule has 27 heavy (non-hydrogen) atoms. The molecule has 3 aliphatic rings. The van der Waals surface area contributed by atoms with Gasteiger partial charge in [0, 0.05) is 51.4 Å². The average molecular weight is 464 g/mol. The van der Waals surface area contributed by atoms with E-state index in [4.69, 9.17) is 4.98 Å². The van der Waals surface area contributed by atoms with Crippen LogP contribution in [-0.2, 0) is 26.0 Å². The van der Waals surface area contributed by atoms with E-state index in [-0.39, 0.29) is 0 Å². The standard InChI is InChI=1S/C19H31N5.2ClH.Cu/c1-3-14-13-15-4-2-6-17-19(15)24-18(14)16(5-1)22-11-9-20-7-8-21-10-12-23-17;;;/h13,16-17,20-23H,1-12H2;2*1H;/q;;;+2/p-2/t16-,17-;;;/m0.../s1. The summed E-state index contributed by atoms with van der Waals surface area (Å²) in [4.78, 5) is 5.22. The first-order valence-corrected chi connectivity index (χ1v) is 12.6. The number of pyridine rings is 1. The van der Waals surface area contributed by atoms with Crippen LogP contribution in [0.5, 0.6) is 0 Å². The van der Waals surface area contributed by atoms with Crippen LogP contribution < -0.4 is 21.3 Å². The van der Waals surface area contributed by atoms with E-state index in [1.54, 1.807) is 0 Å².